The van der Waals surface area contributed by atoms with Crippen LogP contribution in [0.5, 0.6) is 0 Å². The second-order valence-corrected chi connectivity index (χ2v) is 12.3. The Morgan fingerprint density at radius 3 is 2.10 bits per heavy atom. The predicted molar refractivity (Wildman–Crippen MR) is 161 cm³/mol. The van der Waals surface area contributed by atoms with E-state index in [4.69, 9.17) is 20.8 Å². The van der Waals surface area contributed by atoms with Gasteiger partial charge in [-0.25, -0.2) is 5.48 Å². The van der Waals surface area contributed by atoms with Gasteiger partial charge in [-0.15, -0.1) is 0 Å². The Labute approximate surface area is 248 Å². The maximum Gasteiger partial charge on any atom is 0.479 e. The van der Waals surface area contributed by atoms with Gasteiger partial charge in [-0.2, -0.15) is 8.42 Å². The van der Waals surface area contributed by atoms with Crippen molar-refractivity contribution < 1.29 is 32.3 Å². The van der Waals surface area contributed by atoms with Gasteiger partial charge in [0.15, 0.2) is 5.96 Å². The van der Waals surface area contributed by atoms with E-state index in [1.165, 1.54) is 12.1 Å². The van der Waals surface area contributed by atoms with Gasteiger partial charge in [0, 0.05) is 12.1 Å². The summed E-state index contributed by atoms with van der Waals surface area (Å²) in [6.07, 6.45) is 4.72. The maximum atomic E-state index is 13.2. The lowest BCUT2D eigenvalue weighted by molar-refractivity contribution is -0.149. The molecule has 1 saturated carbocycles. The van der Waals surface area contributed by atoms with E-state index in [0.717, 1.165) is 18.4 Å². The Kier molecular flexibility index (Phi) is 13.4. The third-order valence-electron chi connectivity index (χ3n) is 6.75. The van der Waals surface area contributed by atoms with E-state index in [1.54, 1.807) is 18.2 Å². The molecule has 1 aliphatic rings. The summed E-state index contributed by atoms with van der Waals surface area (Å²) < 4.78 is 34.4. The number of hydroxylamine groups is 1. The summed E-state index contributed by atoms with van der Waals surface area (Å²) in [5.41, 5.74) is 12.2. The van der Waals surface area contributed by atoms with Crippen molar-refractivity contribution in [2.75, 3.05) is 6.54 Å². The average molecular weight is 604 g/mol. The number of carbonyl (C=O) groups excluding carboxylic acids is 2. The van der Waals surface area contributed by atoms with E-state index >= 15 is 0 Å². The van der Waals surface area contributed by atoms with Crippen LogP contribution in [0.1, 0.15) is 57.9 Å². The molecule has 42 heavy (non-hydrogen) atoms. The fourth-order valence-corrected chi connectivity index (χ4v) is 5.12. The highest BCUT2D eigenvalue weighted by Gasteiger charge is 2.49. The van der Waals surface area contributed by atoms with Crippen molar-refractivity contribution in [1.29, 1.82) is 0 Å². The molecule has 2 aromatic rings. The lowest BCUT2D eigenvalue weighted by Crippen LogP contribution is -2.56. The van der Waals surface area contributed by atoms with Crippen LogP contribution in [0.4, 0.5) is 0 Å². The molecule has 2 amide bonds. The standard InChI is InChI=1S/C22H36BN5O4.C6H6O3S/c1-21(2,16-17-10-4-3-5-11-17)27-18(29)22(12-6-7-13-22)19(30)28-32-23(31)14-8-9-15-26-20(24)25;7-10(8,9)6-4-2-1-3-5-6/h3-5,10-11,31H,6-9,12-16H2,1-2H3,(H,27,29)(H,28,30)(H4,24,25,26);1-5H,(H,7,8,9). The molecule has 3 rings (SSSR count). The second-order valence-electron chi connectivity index (χ2n) is 10.9. The highest BCUT2D eigenvalue weighted by Crippen LogP contribution is 2.39. The molecule has 14 heteroatoms. The molecule has 0 spiro atoms. The highest BCUT2D eigenvalue weighted by atomic mass is 32.2. The van der Waals surface area contributed by atoms with Crippen LogP contribution in [-0.4, -0.2) is 55.0 Å². The first-order valence-electron chi connectivity index (χ1n) is 13.8. The SMILES string of the molecule is CC(C)(Cc1ccccc1)NC(=O)C1(C(=O)NOB(O)CCCCN=C(N)N)CCCC1.O=S(=O)(O)c1ccccc1. The van der Waals surface area contributed by atoms with E-state index in [0.29, 0.717) is 45.0 Å². The molecule has 0 unspecified atom stereocenters. The lowest BCUT2D eigenvalue weighted by atomic mass is 9.82. The zero-order chi connectivity index (χ0) is 31.2. The number of carbonyl (C=O) groups is 2. The summed E-state index contributed by atoms with van der Waals surface area (Å²) in [4.78, 5) is 30.0. The zero-order valence-electron chi connectivity index (χ0n) is 24.2. The van der Waals surface area contributed by atoms with Gasteiger partial charge in [-0.1, -0.05) is 67.8 Å². The first kappa shape index (κ1) is 34.7. The van der Waals surface area contributed by atoms with Crippen LogP contribution in [0, 0.1) is 5.41 Å². The Bertz CT molecular complexity index is 1270. The number of nitrogens with one attached hydrogen (secondary N) is 2. The van der Waals surface area contributed by atoms with Crippen molar-refractivity contribution in [3.63, 3.8) is 0 Å². The number of hydrogen-bond acceptors (Lipinski definition) is 7. The molecule has 0 saturated heterocycles. The number of nitrogens with zero attached hydrogens (tertiary/aromatic N) is 1. The number of guanidine groups is 1. The molecule has 0 atom stereocenters. The molecule has 230 valence electrons. The quantitative estimate of drug-likeness (QED) is 0.0377. The minimum Gasteiger partial charge on any atom is -0.426 e. The van der Waals surface area contributed by atoms with Crippen LogP contribution in [-0.2, 0) is 30.9 Å². The van der Waals surface area contributed by atoms with Crippen molar-refractivity contribution in [2.45, 2.75) is 75.5 Å². The van der Waals surface area contributed by atoms with Gasteiger partial charge in [0.2, 0.25) is 5.91 Å². The summed E-state index contributed by atoms with van der Waals surface area (Å²) in [6, 6.07) is 17.3. The molecule has 0 heterocycles. The van der Waals surface area contributed by atoms with Crippen LogP contribution >= 0.6 is 0 Å². The Morgan fingerprint density at radius 2 is 1.57 bits per heavy atom. The molecule has 8 N–H and O–H groups in total. The predicted octanol–water partition coefficient (Wildman–Crippen LogP) is 2.20. The Morgan fingerprint density at radius 1 is 1.00 bits per heavy atom. The number of nitrogens with two attached hydrogens (primary N) is 2. The number of aliphatic imine (C=N–C) groups is 1. The topological polar surface area (TPSA) is 206 Å². The molecule has 12 nitrogen and oxygen atoms in total. The molecule has 0 aliphatic heterocycles. The van der Waals surface area contributed by atoms with Crippen molar-refractivity contribution in [3.05, 3.63) is 66.2 Å². The van der Waals surface area contributed by atoms with E-state index in [9.17, 15) is 23.0 Å². The molecular formula is C28H42BN5O7S. The fraction of sp³-hybridized carbons (Fsp3) is 0.464. The normalized spacial score (nSPS) is 14.2. The van der Waals surface area contributed by atoms with Crippen molar-refractivity contribution in [1.82, 2.24) is 10.8 Å². The molecule has 1 fully saturated rings. The minimum absolute atomic E-state index is 0.0288. The summed E-state index contributed by atoms with van der Waals surface area (Å²) in [7, 11) is -5.17. The first-order valence-corrected chi connectivity index (χ1v) is 15.3. The molecule has 0 radical (unpaired) electrons. The summed E-state index contributed by atoms with van der Waals surface area (Å²) in [5, 5.41) is 13.1. The molecule has 2 aromatic carbocycles. The summed E-state index contributed by atoms with van der Waals surface area (Å²) in [5.74, 6) is -0.785. The monoisotopic (exact) mass is 603 g/mol. The van der Waals surface area contributed by atoms with Crippen molar-refractivity contribution >= 4 is 35.0 Å². The molecule has 0 aromatic heterocycles. The van der Waals surface area contributed by atoms with Crippen LogP contribution in [0.3, 0.4) is 0 Å². The number of rotatable bonds is 13. The first-order chi connectivity index (χ1) is 19.7. The van der Waals surface area contributed by atoms with E-state index in [1.807, 2.05) is 44.2 Å². The smallest absolute Gasteiger partial charge is 0.426 e. The average Bonchev–Trinajstić information content (AvgIpc) is 3.43. The van der Waals surface area contributed by atoms with E-state index in [2.05, 4.69) is 15.8 Å². The zero-order valence-corrected chi connectivity index (χ0v) is 25.0. The van der Waals surface area contributed by atoms with Gasteiger partial charge in [0.25, 0.3) is 16.0 Å². The van der Waals surface area contributed by atoms with E-state index < -0.39 is 34.1 Å². The number of unbranched alkanes of at least 4 members (excludes halogenated alkanes) is 1. The summed E-state index contributed by atoms with van der Waals surface area (Å²) >= 11 is 0. The maximum absolute atomic E-state index is 13.2. The molecular weight excluding hydrogens is 561 g/mol. The number of benzene rings is 2. The van der Waals surface area contributed by atoms with Gasteiger partial charge in [0.05, 0.1) is 4.90 Å². The Hall–Kier alpha value is -3.46. The van der Waals surface area contributed by atoms with Gasteiger partial charge in [-0.3, -0.25) is 23.9 Å². The van der Waals surface area contributed by atoms with Crippen LogP contribution in [0.25, 0.3) is 0 Å². The second kappa shape index (κ2) is 16.3. The highest BCUT2D eigenvalue weighted by molar-refractivity contribution is 7.85. The lowest BCUT2D eigenvalue weighted by Gasteiger charge is -2.33. The van der Waals surface area contributed by atoms with Crippen molar-refractivity contribution in [3.8, 4) is 0 Å². The van der Waals surface area contributed by atoms with Crippen LogP contribution < -0.4 is 22.3 Å². The van der Waals surface area contributed by atoms with Crippen molar-refractivity contribution in [2.24, 2.45) is 21.9 Å². The third-order valence-corrected chi connectivity index (χ3v) is 7.62. The number of amides is 2. The largest absolute Gasteiger partial charge is 0.479 e. The summed E-state index contributed by atoms with van der Waals surface area (Å²) in [6.45, 7) is 4.35. The van der Waals surface area contributed by atoms with Gasteiger partial charge >= 0.3 is 7.12 Å². The fourth-order valence-electron chi connectivity index (χ4n) is 4.62. The third kappa shape index (κ3) is 11.8. The van der Waals surface area contributed by atoms with Crippen LogP contribution in [0.15, 0.2) is 70.6 Å². The molecule has 0 bridgehead atoms. The van der Waals surface area contributed by atoms with Gasteiger partial charge in [-0.05, 0) is 63.5 Å². The molecule has 1 aliphatic carbocycles. The minimum atomic E-state index is -4.00. The van der Waals surface area contributed by atoms with Crippen LogP contribution in [0.2, 0.25) is 6.32 Å². The van der Waals surface area contributed by atoms with Gasteiger partial charge in [0.1, 0.15) is 5.41 Å². The van der Waals surface area contributed by atoms with E-state index in [-0.39, 0.29) is 16.8 Å². The Balaban J connectivity index is 0.000000518. The number of hydrogen-bond donors (Lipinski definition) is 6. The van der Waals surface area contributed by atoms with Gasteiger partial charge < -0.3 is 21.8 Å².